The van der Waals surface area contributed by atoms with E-state index < -0.39 is 23.5 Å². The van der Waals surface area contributed by atoms with Gasteiger partial charge in [-0.2, -0.15) is 0 Å². The quantitative estimate of drug-likeness (QED) is 0.518. The van der Waals surface area contributed by atoms with Crippen LogP contribution in [0.1, 0.15) is 27.6 Å². The van der Waals surface area contributed by atoms with Crippen LogP contribution in [0.25, 0.3) is 0 Å². The summed E-state index contributed by atoms with van der Waals surface area (Å²) in [6.45, 7) is 1.26. The summed E-state index contributed by atoms with van der Waals surface area (Å²) >= 11 is 0. The summed E-state index contributed by atoms with van der Waals surface area (Å²) in [6, 6.07) is 3.58. The maximum Gasteiger partial charge on any atom is 0.217 e. The lowest BCUT2D eigenvalue weighted by Gasteiger charge is -2.06. The summed E-state index contributed by atoms with van der Waals surface area (Å²) in [5, 5.41) is 2.32. The number of Topliss-reactive ketones (excluding diaryl/α,β-unsaturated/α-hetero) is 2. The molecule has 1 aliphatic rings. The second-order valence-electron chi connectivity index (χ2n) is 3.63. The molecule has 0 aliphatic heterocycles. The number of ketones is 2. The minimum Gasteiger partial charge on any atom is -0.398 e. The van der Waals surface area contributed by atoms with E-state index in [0.29, 0.717) is 0 Å². The molecule has 3 N–H and O–H groups in total. The van der Waals surface area contributed by atoms with Crippen molar-refractivity contribution in [2.24, 2.45) is 0 Å². The van der Waals surface area contributed by atoms with Crippen LogP contribution in [-0.2, 0) is 4.79 Å². The third-order valence-corrected chi connectivity index (χ3v) is 2.48. The Morgan fingerprint density at radius 2 is 2.00 bits per heavy atom. The van der Waals surface area contributed by atoms with Crippen molar-refractivity contribution in [2.45, 2.75) is 13.0 Å². The fourth-order valence-corrected chi connectivity index (χ4v) is 1.80. The number of hydrogen-bond acceptors (Lipinski definition) is 4. The lowest BCUT2D eigenvalue weighted by atomic mass is 10.1. The van der Waals surface area contributed by atoms with E-state index in [1.54, 1.807) is 12.1 Å². The third kappa shape index (κ3) is 1.37. The van der Waals surface area contributed by atoms with Crippen molar-refractivity contribution in [3.8, 4) is 0 Å². The van der Waals surface area contributed by atoms with E-state index in [9.17, 15) is 14.4 Å². The van der Waals surface area contributed by atoms with Crippen LogP contribution in [0.3, 0.4) is 0 Å². The minimum absolute atomic E-state index is 0.214. The maximum atomic E-state index is 11.8. The molecule has 0 fully saturated rings. The second kappa shape index (κ2) is 3.44. The number of rotatable bonds is 1. The predicted octanol–water partition coefficient (Wildman–Crippen LogP) is 0.152. The van der Waals surface area contributed by atoms with Crippen LogP contribution in [0.5, 0.6) is 0 Å². The van der Waals surface area contributed by atoms with Crippen LogP contribution in [-0.4, -0.2) is 23.5 Å². The first-order valence-electron chi connectivity index (χ1n) is 4.76. The number of carbonyl (C=O) groups excluding carboxylic acids is 3. The van der Waals surface area contributed by atoms with Gasteiger partial charge in [-0.3, -0.25) is 14.4 Å². The highest BCUT2D eigenvalue weighted by Crippen LogP contribution is 2.27. The van der Waals surface area contributed by atoms with Gasteiger partial charge in [0.15, 0.2) is 17.6 Å². The molecule has 0 heterocycles. The van der Waals surface area contributed by atoms with Crippen LogP contribution in [0, 0.1) is 0 Å². The smallest absolute Gasteiger partial charge is 0.217 e. The first-order chi connectivity index (χ1) is 7.52. The van der Waals surface area contributed by atoms with Gasteiger partial charge in [0.05, 0.1) is 5.56 Å². The molecule has 5 nitrogen and oxygen atoms in total. The predicted molar refractivity (Wildman–Crippen MR) is 57.1 cm³/mol. The molecule has 16 heavy (non-hydrogen) atoms. The summed E-state index contributed by atoms with van der Waals surface area (Å²) in [4.78, 5) is 34.5. The zero-order valence-electron chi connectivity index (χ0n) is 8.61. The van der Waals surface area contributed by atoms with E-state index >= 15 is 0 Å². The SMILES string of the molecule is CC(=O)NC1C(=O)c2cccc(N)c2C1=O. The monoisotopic (exact) mass is 218 g/mol. The number of benzene rings is 1. The number of nitrogens with one attached hydrogen (secondary N) is 1. The van der Waals surface area contributed by atoms with Gasteiger partial charge in [-0.25, -0.2) is 0 Å². The molecule has 1 aromatic carbocycles. The summed E-state index contributed by atoms with van der Waals surface area (Å²) in [7, 11) is 0. The maximum absolute atomic E-state index is 11.8. The molecule has 1 unspecified atom stereocenters. The van der Waals surface area contributed by atoms with E-state index in [1.165, 1.54) is 13.0 Å². The molecule has 1 aliphatic carbocycles. The van der Waals surface area contributed by atoms with E-state index in [0.717, 1.165) is 0 Å². The molecule has 1 aromatic rings. The van der Waals surface area contributed by atoms with Gasteiger partial charge in [0, 0.05) is 18.2 Å². The molecule has 0 radical (unpaired) electrons. The highest BCUT2D eigenvalue weighted by Gasteiger charge is 2.40. The number of carbonyl (C=O) groups is 3. The van der Waals surface area contributed by atoms with Gasteiger partial charge in [-0.1, -0.05) is 12.1 Å². The molecule has 0 saturated carbocycles. The van der Waals surface area contributed by atoms with Crippen LogP contribution < -0.4 is 11.1 Å². The Hall–Kier alpha value is -2.17. The molecule has 0 spiro atoms. The third-order valence-electron chi connectivity index (χ3n) is 2.48. The van der Waals surface area contributed by atoms with E-state index in [1.807, 2.05) is 0 Å². The summed E-state index contributed by atoms with van der Waals surface area (Å²) in [6.07, 6.45) is 0. The Morgan fingerprint density at radius 3 is 2.56 bits per heavy atom. The van der Waals surface area contributed by atoms with Gasteiger partial charge in [-0.05, 0) is 6.07 Å². The minimum atomic E-state index is -1.11. The molecule has 1 amide bonds. The highest BCUT2D eigenvalue weighted by atomic mass is 16.2. The van der Waals surface area contributed by atoms with Crippen molar-refractivity contribution in [2.75, 3.05) is 5.73 Å². The second-order valence-corrected chi connectivity index (χ2v) is 3.63. The van der Waals surface area contributed by atoms with Gasteiger partial charge in [-0.15, -0.1) is 0 Å². The molecule has 5 heteroatoms. The molecule has 0 bridgehead atoms. The Labute approximate surface area is 91.6 Å². The number of nitrogen functional groups attached to an aromatic ring is 1. The summed E-state index contributed by atoms with van der Waals surface area (Å²) in [5.41, 5.74) is 6.39. The first-order valence-corrected chi connectivity index (χ1v) is 4.76. The van der Waals surface area contributed by atoms with Gasteiger partial charge in [0.2, 0.25) is 5.91 Å². The fourth-order valence-electron chi connectivity index (χ4n) is 1.80. The van der Waals surface area contributed by atoms with Gasteiger partial charge >= 0.3 is 0 Å². The van der Waals surface area contributed by atoms with Crippen molar-refractivity contribution >= 4 is 23.2 Å². The topological polar surface area (TPSA) is 89.3 Å². The van der Waals surface area contributed by atoms with Crippen molar-refractivity contribution < 1.29 is 14.4 Å². The van der Waals surface area contributed by atoms with Crippen molar-refractivity contribution in [3.63, 3.8) is 0 Å². The lowest BCUT2D eigenvalue weighted by molar-refractivity contribution is -0.119. The Kier molecular flexibility index (Phi) is 2.23. The average molecular weight is 218 g/mol. The molecular formula is C11H10N2O3. The fraction of sp³-hybridized carbons (Fsp3) is 0.182. The number of amides is 1. The van der Waals surface area contributed by atoms with Crippen LogP contribution in [0.15, 0.2) is 18.2 Å². The summed E-state index contributed by atoms with van der Waals surface area (Å²) < 4.78 is 0. The largest absolute Gasteiger partial charge is 0.398 e. The average Bonchev–Trinajstić information content (AvgIpc) is 2.44. The number of anilines is 1. The van der Waals surface area contributed by atoms with E-state index in [-0.39, 0.29) is 16.8 Å². The van der Waals surface area contributed by atoms with Gasteiger partial charge < -0.3 is 11.1 Å². The molecule has 0 aromatic heterocycles. The van der Waals surface area contributed by atoms with Crippen molar-refractivity contribution in [1.82, 2.24) is 5.32 Å². The first kappa shape index (κ1) is 10.4. The van der Waals surface area contributed by atoms with Crippen molar-refractivity contribution in [3.05, 3.63) is 29.3 Å². The molecule has 2 rings (SSSR count). The zero-order valence-corrected chi connectivity index (χ0v) is 8.61. The Balaban J connectivity index is 2.48. The standard InChI is InChI=1S/C11H10N2O3/c1-5(14)13-9-10(15)6-3-2-4-7(12)8(6)11(9)16/h2-4,9H,12H2,1H3,(H,13,14). The highest BCUT2D eigenvalue weighted by molar-refractivity contribution is 6.31. The zero-order chi connectivity index (χ0) is 11.9. The number of nitrogens with two attached hydrogens (primary N) is 1. The normalized spacial score (nSPS) is 18.4. The number of fused-ring (bicyclic) bond motifs is 1. The van der Waals surface area contributed by atoms with Crippen LogP contribution >= 0.6 is 0 Å². The van der Waals surface area contributed by atoms with Crippen LogP contribution in [0.2, 0.25) is 0 Å². The molecule has 82 valence electrons. The molecular weight excluding hydrogens is 208 g/mol. The Bertz CT molecular complexity index is 508. The van der Waals surface area contributed by atoms with Gasteiger partial charge in [0.1, 0.15) is 0 Å². The lowest BCUT2D eigenvalue weighted by Crippen LogP contribution is -2.41. The number of hydrogen-bond donors (Lipinski definition) is 2. The van der Waals surface area contributed by atoms with E-state index in [4.69, 9.17) is 5.73 Å². The summed E-state index contributed by atoms with van der Waals surface area (Å²) in [5.74, 6) is -1.26. The van der Waals surface area contributed by atoms with Crippen molar-refractivity contribution in [1.29, 1.82) is 0 Å². The van der Waals surface area contributed by atoms with Gasteiger partial charge in [0.25, 0.3) is 0 Å². The Morgan fingerprint density at radius 1 is 1.31 bits per heavy atom. The van der Waals surface area contributed by atoms with Crippen LogP contribution in [0.4, 0.5) is 5.69 Å². The van der Waals surface area contributed by atoms with E-state index in [2.05, 4.69) is 5.32 Å². The molecule has 1 atom stereocenters. The molecule has 0 saturated heterocycles.